The number of alkyl halides is 6. The Kier molecular flexibility index (Phi) is 9.25. The number of hydrogen-bond acceptors (Lipinski definition) is 8. The van der Waals surface area contributed by atoms with E-state index in [1.54, 1.807) is 0 Å². The number of carbonyl (C=O) groups excluding carboxylic acids is 2. The number of aliphatic carboxylic acids is 1. The van der Waals surface area contributed by atoms with Gasteiger partial charge in [-0.05, 0) is 35.9 Å². The number of amides is 2. The number of H-pyrrole nitrogens is 1. The van der Waals surface area contributed by atoms with E-state index in [2.05, 4.69) is 41.2 Å². The third-order valence-electron chi connectivity index (χ3n) is 6.02. The van der Waals surface area contributed by atoms with Gasteiger partial charge in [0.25, 0.3) is 5.91 Å². The van der Waals surface area contributed by atoms with E-state index in [1.807, 2.05) is 0 Å². The first kappa shape index (κ1) is 30.9. The summed E-state index contributed by atoms with van der Waals surface area (Å²) in [5, 5.41) is 26.7. The predicted molar refractivity (Wildman–Crippen MR) is 138 cm³/mol. The van der Waals surface area contributed by atoms with E-state index in [0.29, 0.717) is 28.7 Å². The number of aromatic amines is 1. The van der Waals surface area contributed by atoms with Crippen LogP contribution in [-0.2, 0) is 15.8 Å². The van der Waals surface area contributed by atoms with Crippen LogP contribution in [0, 0.1) is 0 Å². The Bertz CT molecular complexity index is 1540. The number of aromatic nitrogens is 2. The lowest BCUT2D eigenvalue weighted by Crippen LogP contribution is -2.41. The molecule has 2 atom stereocenters. The van der Waals surface area contributed by atoms with Crippen molar-refractivity contribution < 1.29 is 50.6 Å². The molecule has 2 aromatic carbocycles. The summed E-state index contributed by atoms with van der Waals surface area (Å²) in [4.78, 5) is 40.9. The maximum atomic E-state index is 13.4. The van der Waals surface area contributed by atoms with Crippen molar-refractivity contribution in [3.63, 3.8) is 0 Å². The minimum Gasteiger partial charge on any atom is -0.481 e. The van der Waals surface area contributed by atoms with E-state index in [4.69, 9.17) is 0 Å². The highest BCUT2D eigenvalue weighted by molar-refractivity contribution is 6.07. The molecule has 18 heteroatoms. The van der Waals surface area contributed by atoms with Crippen LogP contribution in [0.1, 0.15) is 33.9 Å². The third-order valence-corrected chi connectivity index (χ3v) is 6.02. The number of nitrogens with one attached hydrogen (secondary N) is 5. The number of benzene rings is 2. The first-order valence-electron chi connectivity index (χ1n) is 12.4. The first-order chi connectivity index (χ1) is 20.3. The topological polar surface area (TPSA) is 170 Å². The Hall–Kier alpha value is -5.03. The summed E-state index contributed by atoms with van der Waals surface area (Å²) in [5.74, 6) is -3.91. The van der Waals surface area contributed by atoms with Crippen LogP contribution in [0.4, 0.5) is 32.0 Å². The van der Waals surface area contributed by atoms with Gasteiger partial charge in [-0.3, -0.25) is 19.5 Å². The molecule has 4 rings (SSSR count). The molecular weight excluding hydrogens is 592 g/mol. The highest BCUT2D eigenvalue weighted by atomic mass is 19.4. The Labute approximate surface area is 237 Å². The van der Waals surface area contributed by atoms with E-state index in [1.165, 1.54) is 18.3 Å². The molecular formula is C25H23F6N7O5. The SMILES string of the molecule is O=C(O)CC(NC(=O)CNC(=O)c1cc(NC2=NCC(F)CN2)c2cn[nH]c2c1)c1cc(OC(F)F)cc(C(F)(F)F)c1. The van der Waals surface area contributed by atoms with Crippen LogP contribution in [-0.4, -0.2) is 71.5 Å². The fourth-order valence-corrected chi connectivity index (χ4v) is 4.11. The average molecular weight is 615 g/mol. The Balaban J connectivity index is 1.49. The number of halogens is 6. The number of rotatable bonds is 10. The van der Waals surface area contributed by atoms with Gasteiger partial charge < -0.3 is 31.1 Å². The Morgan fingerprint density at radius 3 is 2.56 bits per heavy atom. The zero-order chi connectivity index (χ0) is 31.3. The van der Waals surface area contributed by atoms with Gasteiger partial charge in [-0.2, -0.15) is 27.1 Å². The van der Waals surface area contributed by atoms with E-state index >= 15 is 0 Å². The minimum absolute atomic E-state index is 0.0274. The van der Waals surface area contributed by atoms with Crippen LogP contribution in [0.25, 0.3) is 10.9 Å². The maximum Gasteiger partial charge on any atom is 0.416 e. The number of guanidine groups is 1. The fraction of sp³-hybridized carbons (Fsp3) is 0.320. The largest absolute Gasteiger partial charge is 0.481 e. The second-order valence-electron chi connectivity index (χ2n) is 9.22. The summed E-state index contributed by atoms with van der Waals surface area (Å²) in [7, 11) is 0. The molecule has 0 aliphatic carbocycles. The summed E-state index contributed by atoms with van der Waals surface area (Å²) < 4.78 is 83.0. The smallest absolute Gasteiger partial charge is 0.416 e. The standard InChI is InChI=1S/C25H23F6N7O5/c26-14-7-33-24(34-8-14)37-18-3-12(4-19-16(18)9-35-38-19)22(42)32-10-20(39)36-17(6-21(40)41)11-1-13(25(29,30)31)5-15(2-11)43-23(27)28/h1-5,9,14,17,23H,6-8,10H2,(H,32,42)(H,35,38)(H,36,39)(H,40,41)(H2,33,34,37). The highest BCUT2D eigenvalue weighted by Crippen LogP contribution is 2.35. The second-order valence-corrected chi connectivity index (χ2v) is 9.22. The molecule has 1 aromatic heterocycles. The molecule has 230 valence electrons. The number of carbonyl (C=O) groups is 3. The minimum atomic E-state index is -5.00. The van der Waals surface area contributed by atoms with Crippen LogP contribution in [0.3, 0.4) is 0 Å². The second kappa shape index (κ2) is 12.9. The van der Waals surface area contributed by atoms with E-state index in [0.717, 1.165) is 6.07 Å². The molecule has 0 fully saturated rings. The number of aliphatic imine (C=N–C) groups is 1. The van der Waals surface area contributed by atoms with Crippen LogP contribution >= 0.6 is 0 Å². The van der Waals surface area contributed by atoms with Crippen LogP contribution in [0.2, 0.25) is 0 Å². The van der Waals surface area contributed by atoms with Crippen molar-refractivity contribution in [1.82, 2.24) is 26.1 Å². The van der Waals surface area contributed by atoms with Gasteiger partial charge in [0.2, 0.25) is 5.91 Å². The summed E-state index contributed by atoms with van der Waals surface area (Å²) in [6, 6.07) is 2.80. The van der Waals surface area contributed by atoms with Crippen LogP contribution in [0.5, 0.6) is 5.75 Å². The number of nitrogens with zero attached hydrogens (tertiary/aromatic N) is 2. The van der Waals surface area contributed by atoms with Gasteiger partial charge in [-0.15, -0.1) is 0 Å². The molecule has 3 aromatic rings. The van der Waals surface area contributed by atoms with E-state index in [-0.39, 0.29) is 24.6 Å². The fourth-order valence-electron chi connectivity index (χ4n) is 4.11. The van der Waals surface area contributed by atoms with Crippen molar-refractivity contribution >= 4 is 40.3 Å². The molecule has 1 aliphatic rings. The zero-order valence-electron chi connectivity index (χ0n) is 21.8. The van der Waals surface area contributed by atoms with E-state index < -0.39 is 72.6 Å². The molecule has 0 saturated heterocycles. The predicted octanol–water partition coefficient (Wildman–Crippen LogP) is 2.95. The first-order valence-corrected chi connectivity index (χ1v) is 12.4. The molecule has 43 heavy (non-hydrogen) atoms. The number of hydrogen-bond donors (Lipinski definition) is 6. The van der Waals surface area contributed by atoms with Crippen molar-refractivity contribution in [2.75, 3.05) is 25.0 Å². The number of carboxylic acid groups (broad SMARTS) is 1. The Morgan fingerprint density at radius 1 is 1.14 bits per heavy atom. The third kappa shape index (κ3) is 8.26. The maximum absolute atomic E-state index is 13.4. The number of ether oxygens (including phenoxy) is 1. The van der Waals surface area contributed by atoms with Crippen LogP contribution in [0.15, 0.2) is 41.5 Å². The lowest BCUT2D eigenvalue weighted by molar-refractivity contribution is -0.138. The molecule has 2 unspecified atom stereocenters. The van der Waals surface area contributed by atoms with Gasteiger partial charge >= 0.3 is 18.8 Å². The van der Waals surface area contributed by atoms with Gasteiger partial charge in [-0.1, -0.05) is 0 Å². The van der Waals surface area contributed by atoms with Crippen molar-refractivity contribution in [2.45, 2.75) is 31.4 Å². The lowest BCUT2D eigenvalue weighted by atomic mass is 10.00. The van der Waals surface area contributed by atoms with Crippen molar-refractivity contribution in [1.29, 1.82) is 0 Å². The monoisotopic (exact) mass is 615 g/mol. The van der Waals surface area contributed by atoms with Crippen molar-refractivity contribution in [3.8, 4) is 5.75 Å². The molecule has 1 aliphatic heterocycles. The van der Waals surface area contributed by atoms with Crippen molar-refractivity contribution in [3.05, 3.63) is 53.2 Å². The molecule has 6 N–H and O–H groups in total. The van der Waals surface area contributed by atoms with Gasteiger partial charge in [-0.25, -0.2) is 9.38 Å². The molecule has 2 amide bonds. The summed E-state index contributed by atoms with van der Waals surface area (Å²) in [5.41, 5.74) is -1.03. The van der Waals surface area contributed by atoms with Crippen LogP contribution < -0.4 is 26.0 Å². The van der Waals surface area contributed by atoms with E-state index in [9.17, 15) is 45.8 Å². The molecule has 0 spiro atoms. The normalized spacial score (nSPS) is 15.8. The molecule has 12 nitrogen and oxygen atoms in total. The molecule has 0 radical (unpaired) electrons. The van der Waals surface area contributed by atoms with Gasteiger partial charge in [0.05, 0.1) is 55.1 Å². The summed E-state index contributed by atoms with van der Waals surface area (Å²) in [6.07, 6.45) is -5.59. The quantitative estimate of drug-likeness (QED) is 0.189. The molecule has 2 heterocycles. The number of carboxylic acids is 1. The van der Waals surface area contributed by atoms with Crippen molar-refractivity contribution in [2.24, 2.45) is 4.99 Å². The highest BCUT2D eigenvalue weighted by Gasteiger charge is 2.33. The van der Waals surface area contributed by atoms with Gasteiger partial charge in [0.1, 0.15) is 11.9 Å². The summed E-state index contributed by atoms with van der Waals surface area (Å²) >= 11 is 0. The lowest BCUT2D eigenvalue weighted by Gasteiger charge is -2.20. The number of fused-ring (bicyclic) bond motifs is 1. The van der Waals surface area contributed by atoms with Gasteiger partial charge in [0.15, 0.2) is 5.96 Å². The van der Waals surface area contributed by atoms with Gasteiger partial charge in [0, 0.05) is 10.9 Å². The Morgan fingerprint density at radius 2 is 1.91 bits per heavy atom. The molecule has 0 bridgehead atoms. The number of anilines is 1. The molecule has 0 saturated carbocycles. The summed E-state index contributed by atoms with van der Waals surface area (Å²) in [6.45, 7) is -4.24. The average Bonchev–Trinajstić information content (AvgIpc) is 3.40. The zero-order valence-corrected chi connectivity index (χ0v) is 21.8.